The highest BCUT2D eigenvalue weighted by molar-refractivity contribution is 7.53. The lowest BCUT2D eigenvalue weighted by molar-refractivity contribution is -0.0849. The first-order valence-electron chi connectivity index (χ1n) is 10.7. The van der Waals surface area contributed by atoms with E-state index in [1.807, 2.05) is 18.2 Å². The Morgan fingerprint density at radius 2 is 1.24 bits per heavy atom. The first kappa shape index (κ1) is 31.0. The van der Waals surface area contributed by atoms with E-state index in [9.17, 15) is 20.4 Å². The van der Waals surface area contributed by atoms with Gasteiger partial charge in [0.2, 0.25) is 0 Å². The number of hydrogen-bond acceptors (Lipinski definition) is 9. The molecule has 1 atom stereocenters. The van der Waals surface area contributed by atoms with Gasteiger partial charge in [0.1, 0.15) is 0 Å². The maximum Gasteiger partial charge on any atom is 0.334 e. The van der Waals surface area contributed by atoms with Gasteiger partial charge in [-0.3, -0.25) is 0 Å². The van der Waals surface area contributed by atoms with Gasteiger partial charge in [0.15, 0.2) is 0 Å². The highest BCUT2D eigenvalue weighted by Crippen LogP contribution is 2.42. The van der Waals surface area contributed by atoms with Gasteiger partial charge in [-0.2, -0.15) is 0 Å². The van der Waals surface area contributed by atoms with Gasteiger partial charge >= 0.3 is 17.2 Å². The molecule has 0 aromatic heterocycles. The van der Waals surface area contributed by atoms with Gasteiger partial charge < -0.3 is 40.0 Å². The van der Waals surface area contributed by atoms with Crippen molar-refractivity contribution in [3.8, 4) is 11.1 Å². The van der Waals surface area contributed by atoms with Crippen LogP contribution in [0, 0.1) is 5.41 Å². The van der Waals surface area contributed by atoms with E-state index in [-0.39, 0.29) is 0 Å². The second-order valence-electron chi connectivity index (χ2n) is 8.57. The molecule has 0 heterocycles. The summed E-state index contributed by atoms with van der Waals surface area (Å²) in [6, 6.07) is 13.8. The van der Waals surface area contributed by atoms with Crippen LogP contribution in [0.15, 0.2) is 42.5 Å². The SMILES string of the molecule is CC(C)c1ccc(-c2ccccc2C(O)C(CO)(CO)CO)c(C(C)C)c1.OP(O)OP(O)O. The predicted molar refractivity (Wildman–Crippen MR) is 133 cm³/mol. The second kappa shape index (κ2) is 14.5. The molecule has 0 aliphatic heterocycles. The van der Waals surface area contributed by atoms with Crippen LogP contribution in [-0.2, 0) is 4.31 Å². The molecule has 0 amide bonds. The molecular weight excluding hydrogens is 482 g/mol. The third kappa shape index (κ3) is 8.26. The van der Waals surface area contributed by atoms with Crippen LogP contribution in [0.2, 0.25) is 0 Å². The average molecular weight is 518 g/mol. The maximum absolute atomic E-state index is 11.0. The zero-order chi connectivity index (χ0) is 26.1. The number of hydrogen-bond donors (Lipinski definition) is 8. The summed E-state index contributed by atoms with van der Waals surface area (Å²) in [5, 5.41) is 40.2. The van der Waals surface area contributed by atoms with Gasteiger partial charge in [-0.25, -0.2) is 4.31 Å². The van der Waals surface area contributed by atoms with Crippen molar-refractivity contribution in [1.82, 2.24) is 0 Å². The molecule has 34 heavy (non-hydrogen) atoms. The van der Waals surface area contributed by atoms with Crippen molar-refractivity contribution in [1.29, 1.82) is 0 Å². The number of aliphatic hydroxyl groups is 4. The predicted octanol–water partition coefficient (Wildman–Crippen LogP) is 3.02. The normalized spacial score (nSPS) is 12.9. The van der Waals surface area contributed by atoms with Crippen LogP contribution in [0.3, 0.4) is 0 Å². The van der Waals surface area contributed by atoms with Crippen LogP contribution in [0.5, 0.6) is 0 Å². The van der Waals surface area contributed by atoms with Crippen molar-refractivity contribution in [2.75, 3.05) is 19.8 Å². The number of benzene rings is 2. The fraction of sp³-hybridized carbons (Fsp3) is 0.478. The first-order chi connectivity index (χ1) is 15.9. The quantitative estimate of drug-likeness (QED) is 0.220. The van der Waals surface area contributed by atoms with E-state index in [2.05, 4.69) is 50.2 Å². The summed E-state index contributed by atoms with van der Waals surface area (Å²) < 4.78 is 3.60. The van der Waals surface area contributed by atoms with E-state index in [4.69, 9.17) is 19.6 Å². The number of aliphatic hydroxyl groups excluding tert-OH is 4. The zero-order valence-electron chi connectivity index (χ0n) is 19.8. The molecule has 0 saturated heterocycles. The summed E-state index contributed by atoms with van der Waals surface area (Å²) in [6.07, 6.45) is -1.20. The van der Waals surface area contributed by atoms with Crippen molar-refractivity contribution >= 4 is 17.2 Å². The van der Waals surface area contributed by atoms with Crippen LogP contribution in [0.1, 0.15) is 62.3 Å². The summed E-state index contributed by atoms with van der Waals surface area (Å²) in [7, 11) is -5.22. The zero-order valence-corrected chi connectivity index (χ0v) is 21.6. The smallest absolute Gasteiger partial charge is 0.334 e. The molecule has 192 valence electrons. The highest BCUT2D eigenvalue weighted by Gasteiger charge is 2.38. The molecule has 11 heteroatoms. The van der Waals surface area contributed by atoms with E-state index in [1.165, 1.54) is 11.1 Å². The van der Waals surface area contributed by atoms with E-state index >= 15 is 0 Å². The molecule has 1 unspecified atom stereocenters. The molecule has 2 rings (SSSR count). The lowest BCUT2D eigenvalue weighted by Gasteiger charge is -2.34. The van der Waals surface area contributed by atoms with Crippen molar-refractivity contribution in [2.24, 2.45) is 5.41 Å². The van der Waals surface area contributed by atoms with Crippen LogP contribution in [0.25, 0.3) is 11.1 Å². The minimum Gasteiger partial charge on any atom is -0.395 e. The van der Waals surface area contributed by atoms with Crippen molar-refractivity contribution in [2.45, 2.75) is 45.6 Å². The molecule has 2 aromatic rings. The Balaban J connectivity index is 0.000000718. The van der Waals surface area contributed by atoms with Crippen LogP contribution in [-0.4, -0.2) is 59.8 Å². The lowest BCUT2D eigenvalue weighted by atomic mass is 9.77. The Bertz CT molecular complexity index is 857. The molecule has 0 aliphatic rings. The largest absolute Gasteiger partial charge is 0.395 e. The van der Waals surface area contributed by atoms with E-state index < -0.39 is 48.5 Å². The molecule has 0 saturated carbocycles. The molecule has 0 radical (unpaired) electrons. The Morgan fingerprint density at radius 3 is 1.65 bits per heavy atom. The van der Waals surface area contributed by atoms with E-state index in [0.29, 0.717) is 17.4 Å². The summed E-state index contributed by atoms with van der Waals surface area (Å²) in [5.74, 6) is 0.713. The first-order valence-corrected chi connectivity index (χ1v) is 13.0. The standard InChI is InChI=1S/C23H32O4.H4O5P2/c1-15(2)17-9-10-19(21(11-17)16(3)4)18-7-5-6-8-20(18)22(27)23(12-24,13-25)14-26;1-6(2)5-7(3)4/h5-11,15-16,22,24-27H,12-14H2,1-4H3;1-4H. The van der Waals surface area contributed by atoms with E-state index in [0.717, 1.165) is 11.1 Å². The Hall–Kier alpha value is -1.06. The highest BCUT2D eigenvalue weighted by atomic mass is 31.2. The number of rotatable bonds is 10. The molecular formula is C23H36O9P2. The van der Waals surface area contributed by atoms with Gasteiger partial charge in [-0.05, 0) is 39.7 Å². The fourth-order valence-corrected chi connectivity index (χ4v) is 3.97. The fourth-order valence-electron chi connectivity index (χ4n) is 3.45. The molecule has 2 aromatic carbocycles. The minimum absolute atomic E-state index is 0.294. The molecule has 9 nitrogen and oxygen atoms in total. The average Bonchev–Trinajstić information content (AvgIpc) is 2.79. The van der Waals surface area contributed by atoms with Crippen molar-refractivity contribution in [3.05, 3.63) is 59.2 Å². The van der Waals surface area contributed by atoms with Crippen LogP contribution < -0.4 is 0 Å². The third-order valence-corrected chi connectivity index (χ3v) is 6.75. The van der Waals surface area contributed by atoms with Gasteiger partial charge in [0.25, 0.3) is 0 Å². The van der Waals surface area contributed by atoms with Gasteiger partial charge in [-0.1, -0.05) is 70.2 Å². The van der Waals surface area contributed by atoms with Crippen LogP contribution >= 0.6 is 17.2 Å². The monoisotopic (exact) mass is 518 g/mol. The lowest BCUT2D eigenvalue weighted by Crippen LogP contribution is -2.40. The molecule has 0 fully saturated rings. The van der Waals surface area contributed by atoms with Crippen molar-refractivity contribution < 1.29 is 44.3 Å². The van der Waals surface area contributed by atoms with Gasteiger partial charge in [0.05, 0.1) is 31.3 Å². The summed E-state index contributed by atoms with van der Waals surface area (Å²) in [5.41, 5.74) is 3.51. The van der Waals surface area contributed by atoms with Crippen molar-refractivity contribution in [3.63, 3.8) is 0 Å². The van der Waals surface area contributed by atoms with Gasteiger partial charge in [0, 0.05) is 0 Å². The van der Waals surface area contributed by atoms with E-state index in [1.54, 1.807) is 6.07 Å². The maximum atomic E-state index is 11.0. The minimum atomic E-state index is -2.61. The Kier molecular flexibility index (Phi) is 13.2. The Labute approximate surface area is 202 Å². The molecule has 0 bridgehead atoms. The summed E-state index contributed by atoms with van der Waals surface area (Å²) in [4.78, 5) is 31.3. The molecule has 8 N–H and O–H groups in total. The molecule has 0 spiro atoms. The topological polar surface area (TPSA) is 171 Å². The van der Waals surface area contributed by atoms with Gasteiger partial charge in [-0.15, -0.1) is 0 Å². The Morgan fingerprint density at radius 1 is 0.735 bits per heavy atom. The second-order valence-corrected chi connectivity index (χ2v) is 10.2. The van der Waals surface area contributed by atoms with Crippen LogP contribution in [0.4, 0.5) is 0 Å². The third-order valence-electron chi connectivity index (χ3n) is 5.58. The summed E-state index contributed by atoms with van der Waals surface area (Å²) >= 11 is 0. The molecule has 0 aliphatic carbocycles. The summed E-state index contributed by atoms with van der Waals surface area (Å²) in [6.45, 7) is 7.06.